The monoisotopic (exact) mass is 416 g/mol. The topological polar surface area (TPSA) is 70.4 Å². The smallest absolute Gasteiger partial charge is 0.316 e. The second-order valence-electron chi connectivity index (χ2n) is 7.14. The van der Waals surface area contributed by atoms with E-state index in [0.29, 0.717) is 23.7 Å². The summed E-state index contributed by atoms with van der Waals surface area (Å²) in [7, 11) is 1.36. The summed E-state index contributed by atoms with van der Waals surface area (Å²) >= 11 is 2.80. The first-order chi connectivity index (χ1) is 13.4. The van der Waals surface area contributed by atoms with Crippen LogP contribution < -0.4 is 5.43 Å². The highest BCUT2D eigenvalue weighted by Crippen LogP contribution is 2.35. The molecule has 0 saturated heterocycles. The number of imidazole rings is 1. The first-order valence-electron chi connectivity index (χ1n) is 8.86. The SMILES string of the molecule is COC(=O)CSc1nc2c(=O)c3c(sc2n1-c1ccccc1)COC(C)(C)C3. The van der Waals surface area contributed by atoms with Crippen LogP contribution in [-0.2, 0) is 27.3 Å². The Balaban J connectivity index is 1.92. The number of rotatable bonds is 4. The number of methoxy groups -OCH3 is 1. The molecule has 1 aromatic carbocycles. The Morgan fingerprint density at radius 2 is 2.11 bits per heavy atom. The molecule has 0 spiro atoms. The summed E-state index contributed by atoms with van der Waals surface area (Å²) in [5.41, 5.74) is 1.71. The van der Waals surface area contributed by atoms with Crippen molar-refractivity contribution in [2.75, 3.05) is 12.9 Å². The summed E-state index contributed by atoms with van der Waals surface area (Å²) in [6, 6.07) is 9.72. The Bertz CT molecular complexity index is 1100. The molecule has 0 bridgehead atoms. The average Bonchev–Trinajstić information content (AvgIpc) is 3.06. The number of carbonyl (C=O) groups is 1. The van der Waals surface area contributed by atoms with Gasteiger partial charge < -0.3 is 9.47 Å². The minimum absolute atomic E-state index is 0.0466. The largest absolute Gasteiger partial charge is 0.468 e. The molecule has 28 heavy (non-hydrogen) atoms. The molecular formula is C20H20N2O4S2. The predicted octanol–water partition coefficient (Wildman–Crippen LogP) is 3.56. The Labute approximate surface area is 170 Å². The zero-order valence-corrected chi connectivity index (χ0v) is 17.5. The fourth-order valence-corrected chi connectivity index (χ4v) is 5.25. The van der Waals surface area contributed by atoms with E-state index in [1.807, 2.05) is 48.7 Å². The van der Waals surface area contributed by atoms with Gasteiger partial charge in [0, 0.05) is 22.5 Å². The van der Waals surface area contributed by atoms with Gasteiger partial charge in [0.2, 0.25) is 5.43 Å². The molecule has 146 valence electrons. The molecule has 0 unspecified atom stereocenters. The van der Waals surface area contributed by atoms with Crippen molar-refractivity contribution in [2.24, 2.45) is 0 Å². The van der Waals surface area contributed by atoms with E-state index in [1.165, 1.54) is 30.2 Å². The van der Waals surface area contributed by atoms with E-state index in [4.69, 9.17) is 9.47 Å². The van der Waals surface area contributed by atoms with Crippen molar-refractivity contribution >= 4 is 39.4 Å². The number of carbonyl (C=O) groups excluding carboxylic acids is 1. The standard InChI is InChI=1S/C20H20N2O4S2/c1-20(2)9-13-14(10-26-20)28-18-16(17(13)24)21-19(27-11-15(23)25-3)22(18)12-7-5-4-6-8-12/h4-8H,9-11H2,1-3H3. The summed E-state index contributed by atoms with van der Waals surface area (Å²) in [4.78, 5) is 31.2. The highest BCUT2D eigenvalue weighted by atomic mass is 32.2. The third-order valence-corrected chi connectivity index (χ3v) is 6.70. The van der Waals surface area contributed by atoms with Crippen molar-refractivity contribution in [3.63, 3.8) is 0 Å². The molecule has 3 heterocycles. The van der Waals surface area contributed by atoms with Gasteiger partial charge in [0.15, 0.2) is 5.16 Å². The first-order valence-corrected chi connectivity index (χ1v) is 10.7. The van der Waals surface area contributed by atoms with Crippen LogP contribution in [0.2, 0.25) is 0 Å². The maximum Gasteiger partial charge on any atom is 0.316 e. The quantitative estimate of drug-likeness (QED) is 0.478. The molecule has 0 amide bonds. The Morgan fingerprint density at radius 3 is 2.82 bits per heavy atom. The van der Waals surface area contributed by atoms with E-state index >= 15 is 0 Å². The molecule has 0 aliphatic carbocycles. The van der Waals surface area contributed by atoms with E-state index in [0.717, 1.165) is 21.0 Å². The first kappa shape index (κ1) is 19.2. The summed E-state index contributed by atoms with van der Waals surface area (Å²) in [6.07, 6.45) is 0.566. The minimum atomic E-state index is -0.364. The summed E-state index contributed by atoms with van der Waals surface area (Å²) in [5.74, 6) is -0.210. The van der Waals surface area contributed by atoms with Crippen LogP contribution in [0.1, 0.15) is 24.3 Å². The van der Waals surface area contributed by atoms with Crippen LogP contribution in [0.5, 0.6) is 0 Å². The summed E-state index contributed by atoms with van der Waals surface area (Å²) in [6.45, 7) is 4.40. The number of fused-ring (bicyclic) bond motifs is 2. The van der Waals surface area contributed by atoms with Gasteiger partial charge >= 0.3 is 5.97 Å². The molecular weight excluding hydrogens is 396 g/mol. The number of aromatic nitrogens is 2. The molecule has 0 N–H and O–H groups in total. The van der Waals surface area contributed by atoms with Gasteiger partial charge in [-0.2, -0.15) is 0 Å². The number of nitrogens with zero attached hydrogens (tertiary/aromatic N) is 2. The zero-order valence-electron chi connectivity index (χ0n) is 15.9. The van der Waals surface area contributed by atoms with E-state index in [-0.39, 0.29) is 22.8 Å². The van der Waals surface area contributed by atoms with Crippen LogP contribution in [0.3, 0.4) is 0 Å². The van der Waals surface area contributed by atoms with Gasteiger partial charge in [-0.3, -0.25) is 14.2 Å². The highest BCUT2D eigenvalue weighted by molar-refractivity contribution is 7.99. The summed E-state index contributed by atoms with van der Waals surface area (Å²) in [5, 5.41) is 0.600. The molecule has 0 fully saturated rings. The molecule has 3 aromatic rings. The van der Waals surface area contributed by atoms with Crippen molar-refractivity contribution in [2.45, 2.75) is 37.6 Å². The van der Waals surface area contributed by atoms with Gasteiger partial charge in [-0.05, 0) is 26.0 Å². The van der Waals surface area contributed by atoms with Gasteiger partial charge in [0.05, 0.1) is 25.1 Å². The number of para-hydroxylation sites is 1. The van der Waals surface area contributed by atoms with Gasteiger partial charge in [0.25, 0.3) is 0 Å². The number of benzene rings is 1. The van der Waals surface area contributed by atoms with Crippen LogP contribution >= 0.6 is 23.1 Å². The second kappa shape index (κ2) is 7.35. The van der Waals surface area contributed by atoms with E-state index in [2.05, 4.69) is 4.98 Å². The predicted molar refractivity (Wildman–Crippen MR) is 111 cm³/mol. The fraction of sp³-hybridized carbons (Fsp3) is 0.350. The Kier molecular flexibility index (Phi) is 5.03. The molecule has 4 rings (SSSR count). The lowest BCUT2D eigenvalue weighted by Crippen LogP contribution is -2.34. The lowest BCUT2D eigenvalue weighted by molar-refractivity contribution is -0.137. The number of thioether (sulfide) groups is 1. The molecule has 6 nitrogen and oxygen atoms in total. The van der Waals surface area contributed by atoms with E-state index in [9.17, 15) is 9.59 Å². The molecule has 8 heteroatoms. The van der Waals surface area contributed by atoms with Crippen molar-refractivity contribution in [3.05, 3.63) is 51.0 Å². The van der Waals surface area contributed by atoms with Crippen molar-refractivity contribution in [3.8, 4) is 5.69 Å². The molecule has 0 saturated carbocycles. The van der Waals surface area contributed by atoms with Crippen molar-refractivity contribution in [1.29, 1.82) is 0 Å². The second-order valence-corrected chi connectivity index (χ2v) is 9.17. The van der Waals surface area contributed by atoms with E-state index in [1.54, 1.807) is 0 Å². The Hall–Kier alpha value is -2.16. The highest BCUT2D eigenvalue weighted by Gasteiger charge is 2.31. The van der Waals surface area contributed by atoms with Crippen LogP contribution in [0.4, 0.5) is 0 Å². The molecule has 0 radical (unpaired) electrons. The van der Waals surface area contributed by atoms with Crippen molar-refractivity contribution in [1.82, 2.24) is 9.55 Å². The van der Waals surface area contributed by atoms with Crippen LogP contribution in [0, 0.1) is 0 Å². The fourth-order valence-electron chi connectivity index (χ4n) is 3.19. The van der Waals surface area contributed by atoms with Gasteiger partial charge in [-0.25, -0.2) is 4.98 Å². The minimum Gasteiger partial charge on any atom is -0.468 e. The third kappa shape index (κ3) is 3.47. The normalized spacial score (nSPS) is 15.4. The van der Waals surface area contributed by atoms with E-state index < -0.39 is 0 Å². The van der Waals surface area contributed by atoms with Crippen molar-refractivity contribution < 1.29 is 14.3 Å². The van der Waals surface area contributed by atoms with Crippen LogP contribution in [-0.4, -0.2) is 34.0 Å². The zero-order chi connectivity index (χ0) is 19.9. The molecule has 0 atom stereocenters. The van der Waals surface area contributed by atoms with Crippen LogP contribution in [0.15, 0.2) is 40.3 Å². The molecule has 1 aliphatic heterocycles. The average molecular weight is 417 g/mol. The molecule has 2 aromatic heterocycles. The van der Waals surface area contributed by atoms with Gasteiger partial charge in [-0.1, -0.05) is 30.0 Å². The summed E-state index contributed by atoms with van der Waals surface area (Å²) < 4.78 is 12.6. The number of hydrogen-bond acceptors (Lipinski definition) is 7. The lowest BCUT2D eigenvalue weighted by Gasteiger charge is -2.30. The van der Waals surface area contributed by atoms with Crippen LogP contribution in [0.25, 0.3) is 16.0 Å². The third-order valence-electron chi connectivity index (χ3n) is 4.61. The Morgan fingerprint density at radius 1 is 1.36 bits per heavy atom. The number of esters is 1. The molecule has 1 aliphatic rings. The van der Waals surface area contributed by atoms with Gasteiger partial charge in [-0.15, -0.1) is 11.3 Å². The lowest BCUT2D eigenvalue weighted by atomic mass is 9.95. The van der Waals surface area contributed by atoms with Gasteiger partial charge in [0.1, 0.15) is 10.3 Å². The number of hydrogen-bond donors (Lipinski definition) is 0. The maximum atomic E-state index is 13.2. The number of ether oxygens (including phenoxy) is 2. The maximum absolute atomic E-state index is 13.2.